The molecule has 1 aromatic heterocycles. The zero-order valence-corrected chi connectivity index (χ0v) is 21.7. The summed E-state index contributed by atoms with van der Waals surface area (Å²) in [5, 5.41) is 17.4. The number of rotatable bonds is 14. The van der Waals surface area contributed by atoms with Gasteiger partial charge in [-0.15, -0.1) is 0 Å². The molecule has 206 valence electrons. The molecule has 3 N–H and O–H groups in total. The zero-order valence-electron chi connectivity index (χ0n) is 21.7. The number of hydrogen-bond donors (Lipinski definition) is 3. The molecule has 2 heterocycles. The van der Waals surface area contributed by atoms with Crippen LogP contribution >= 0.6 is 0 Å². The molecule has 0 aliphatic carbocycles. The van der Waals surface area contributed by atoms with Gasteiger partial charge in [-0.1, -0.05) is 25.3 Å². The minimum Gasteiger partial charge on any atom is -0.502 e. The Labute approximate surface area is 220 Å². The maximum absolute atomic E-state index is 13.5. The molecular weight excluding hydrogens is 497 g/mol. The molecule has 3 rings (SSSR count). The molecule has 1 aromatic carbocycles. The quantitative estimate of drug-likeness (QED) is 0.248. The smallest absolute Gasteiger partial charge is 0.277 e. The molecule has 0 atom stereocenters. The van der Waals surface area contributed by atoms with Gasteiger partial charge in [0.25, 0.3) is 11.8 Å². The normalized spacial score (nSPS) is 12.8. The van der Waals surface area contributed by atoms with Gasteiger partial charge in [-0.3, -0.25) is 28.9 Å². The second-order valence-electron chi connectivity index (χ2n) is 9.21. The van der Waals surface area contributed by atoms with Gasteiger partial charge >= 0.3 is 0 Å². The van der Waals surface area contributed by atoms with Gasteiger partial charge in [0.05, 0.1) is 0 Å². The van der Waals surface area contributed by atoms with E-state index in [0.717, 1.165) is 32.1 Å². The Kier molecular flexibility index (Phi) is 10.1. The number of unbranched alkanes of at least 4 members (excludes halogenated alkanes) is 4. The lowest BCUT2D eigenvalue weighted by molar-refractivity contribution is -0.123. The number of nitrogens with one attached hydrogen (secondary N) is 2. The van der Waals surface area contributed by atoms with Crippen molar-refractivity contribution in [3.63, 3.8) is 0 Å². The van der Waals surface area contributed by atoms with Crippen LogP contribution in [0.3, 0.4) is 0 Å². The Hall–Kier alpha value is -4.09. The van der Waals surface area contributed by atoms with Crippen LogP contribution in [0, 0.1) is 12.7 Å². The average Bonchev–Trinajstić information content (AvgIpc) is 2.89. The van der Waals surface area contributed by atoms with Gasteiger partial charge in [-0.05, 0) is 25.8 Å². The Morgan fingerprint density at radius 1 is 1.18 bits per heavy atom. The number of fused-ring (bicyclic) bond motifs is 1. The number of ether oxygens (including phenoxy) is 1. The van der Waals surface area contributed by atoms with Gasteiger partial charge in [-0.25, -0.2) is 4.39 Å². The maximum atomic E-state index is 13.5. The standard InChI is InChI=1S/C26H34FN5O6/c1-18-14-32-23(25(36)24(18)35)26(37)30(2)17-31(32)11-7-5-3-4-6-10-29-22(34)15-38-21-12-20(27)9-8-19(21)13-28-16-33/h8-9,12,14,16,36H,3-7,10-11,13,15,17H2,1-2H3,(H,28,33)(H,29,34). The fourth-order valence-electron chi connectivity index (χ4n) is 4.20. The number of aromatic nitrogens is 1. The van der Waals surface area contributed by atoms with E-state index in [0.29, 0.717) is 37.3 Å². The first-order valence-corrected chi connectivity index (χ1v) is 12.5. The molecule has 0 bridgehead atoms. The first kappa shape index (κ1) is 28.5. The molecule has 0 fully saturated rings. The highest BCUT2D eigenvalue weighted by molar-refractivity contribution is 5.96. The van der Waals surface area contributed by atoms with Crippen molar-refractivity contribution in [1.29, 1.82) is 0 Å². The number of pyridine rings is 1. The summed E-state index contributed by atoms with van der Waals surface area (Å²) in [6, 6.07) is 3.93. The van der Waals surface area contributed by atoms with Crippen LogP contribution in [-0.2, 0) is 16.1 Å². The van der Waals surface area contributed by atoms with Crippen LogP contribution in [0.25, 0.3) is 0 Å². The van der Waals surface area contributed by atoms with E-state index in [9.17, 15) is 28.7 Å². The SMILES string of the molecule is Cc1cn2c(c(O)c1=O)C(=O)N(C)CN2CCCCCCCNC(=O)COc1cc(F)ccc1CNC=O. The summed E-state index contributed by atoms with van der Waals surface area (Å²) in [5.74, 6) is -1.52. The molecular formula is C26H34FN5O6. The number of benzene rings is 1. The largest absolute Gasteiger partial charge is 0.502 e. The van der Waals surface area contributed by atoms with Crippen molar-refractivity contribution in [1.82, 2.24) is 20.2 Å². The van der Waals surface area contributed by atoms with Crippen LogP contribution in [-0.4, -0.2) is 66.3 Å². The number of halogens is 1. The van der Waals surface area contributed by atoms with Crippen molar-refractivity contribution < 1.29 is 28.6 Å². The van der Waals surface area contributed by atoms with Crippen molar-refractivity contribution in [2.75, 3.05) is 38.4 Å². The van der Waals surface area contributed by atoms with Crippen molar-refractivity contribution in [3.8, 4) is 11.5 Å². The molecule has 1 aliphatic rings. The Morgan fingerprint density at radius 3 is 2.68 bits per heavy atom. The summed E-state index contributed by atoms with van der Waals surface area (Å²) in [4.78, 5) is 48.6. The molecule has 12 heteroatoms. The third-order valence-electron chi connectivity index (χ3n) is 6.25. The number of aromatic hydroxyl groups is 1. The minimum absolute atomic E-state index is 0.0136. The van der Waals surface area contributed by atoms with Crippen molar-refractivity contribution in [2.24, 2.45) is 0 Å². The lowest BCUT2D eigenvalue weighted by atomic mass is 10.1. The second kappa shape index (κ2) is 13.5. The Bertz CT molecular complexity index is 1220. The number of aryl methyl sites for hydroxylation is 1. The lowest BCUT2D eigenvalue weighted by Gasteiger charge is -2.38. The molecule has 3 amide bonds. The molecule has 2 aromatic rings. The predicted molar refractivity (Wildman–Crippen MR) is 138 cm³/mol. The van der Waals surface area contributed by atoms with Crippen molar-refractivity contribution >= 4 is 18.2 Å². The molecule has 38 heavy (non-hydrogen) atoms. The van der Waals surface area contributed by atoms with Crippen LogP contribution < -0.4 is 25.8 Å². The third kappa shape index (κ3) is 7.24. The highest BCUT2D eigenvalue weighted by Gasteiger charge is 2.30. The van der Waals surface area contributed by atoms with Crippen LogP contribution in [0.2, 0.25) is 0 Å². The second-order valence-corrected chi connectivity index (χ2v) is 9.21. The van der Waals surface area contributed by atoms with Gasteiger partial charge in [0.15, 0.2) is 18.1 Å². The average molecular weight is 532 g/mol. The van der Waals surface area contributed by atoms with Gasteiger partial charge in [0.2, 0.25) is 11.8 Å². The van der Waals surface area contributed by atoms with E-state index < -0.39 is 22.9 Å². The number of carbonyl (C=O) groups is 3. The van der Waals surface area contributed by atoms with Crippen molar-refractivity contribution in [3.05, 3.63) is 57.3 Å². The zero-order chi connectivity index (χ0) is 27.7. The summed E-state index contributed by atoms with van der Waals surface area (Å²) >= 11 is 0. The van der Waals surface area contributed by atoms with E-state index in [2.05, 4.69) is 10.6 Å². The fourth-order valence-corrected chi connectivity index (χ4v) is 4.20. The van der Waals surface area contributed by atoms with Crippen LogP contribution in [0.4, 0.5) is 4.39 Å². The molecule has 1 aliphatic heterocycles. The molecule has 0 radical (unpaired) electrons. The highest BCUT2D eigenvalue weighted by Crippen LogP contribution is 2.21. The van der Waals surface area contributed by atoms with Crippen LogP contribution in [0.5, 0.6) is 11.5 Å². The van der Waals surface area contributed by atoms with Gasteiger partial charge < -0.3 is 25.4 Å². The summed E-state index contributed by atoms with van der Waals surface area (Å²) in [6.45, 7) is 3.00. The Balaban J connectivity index is 1.34. The summed E-state index contributed by atoms with van der Waals surface area (Å²) in [6.07, 6.45) is 6.55. The fraction of sp³-hybridized carbons (Fsp3) is 0.462. The number of carbonyl (C=O) groups excluding carboxylic acids is 3. The molecule has 11 nitrogen and oxygen atoms in total. The van der Waals surface area contributed by atoms with Gasteiger partial charge in [0, 0.05) is 50.1 Å². The van der Waals surface area contributed by atoms with E-state index in [1.165, 1.54) is 23.1 Å². The van der Waals surface area contributed by atoms with Crippen molar-refractivity contribution in [2.45, 2.75) is 45.6 Å². The monoisotopic (exact) mass is 531 g/mol. The summed E-state index contributed by atoms with van der Waals surface area (Å²) in [7, 11) is 1.63. The van der Waals surface area contributed by atoms with Gasteiger partial charge in [-0.2, -0.15) is 0 Å². The molecule has 0 spiro atoms. The van der Waals surface area contributed by atoms with E-state index in [1.54, 1.807) is 24.8 Å². The number of nitrogens with zero attached hydrogens (tertiary/aromatic N) is 3. The first-order valence-electron chi connectivity index (χ1n) is 12.5. The van der Waals surface area contributed by atoms with E-state index in [1.807, 2.05) is 5.01 Å². The molecule has 0 unspecified atom stereocenters. The summed E-state index contributed by atoms with van der Waals surface area (Å²) in [5.41, 5.74) is 0.384. The molecule has 0 saturated heterocycles. The van der Waals surface area contributed by atoms with Crippen LogP contribution in [0.1, 0.15) is 53.7 Å². The third-order valence-corrected chi connectivity index (χ3v) is 6.25. The minimum atomic E-state index is -0.538. The van der Waals surface area contributed by atoms with Gasteiger partial charge in [0.1, 0.15) is 18.2 Å². The Morgan fingerprint density at radius 2 is 1.92 bits per heavy atom. The predicted octanol–water partition coefficient (Wildman–Crippen LogP) is 1.37. The summed E-state index contributed by atoms with van der Waals surface area (Å²) < 4.78 is 20.5. The topological polar surface area (TPSA) is 133 Å². The van der Waals surface area contributed by atoms with E-state index >= 15 is 0 Å². The van der Waals surface area contributed by atoms with E-state index in [-0.39, 0.29) is 30.5 Å². The lowest BCUT2D eigenvalue weighted by Crippen LogP contribution is -2.53. The first-order chi connectivity index (χ1) is 18.2. The number of amides is 3. The van der Waals surface area contributed by atoms with E-state index in [4.69, 9.17) is 4.74 Å². The highest BCUT2D eigenvalue weighted by atomic mass is 19.1. The maximum Gasteiger partial charge on any atom is 0.277 e. The molecule has 0 saturated carbocycles. The number of hydrogen-bond acceptors (Lipinski definition) is 7. The van der Waals surface area contributed by atoms with Crippen LogP contribution in [0.15, 0.2) is 29.2 Å².